The van der Waals surface area contributed by atoms with Crippen LogP contribution >= 0.6 is 0 Å². The minimum atomic E-state index is -0.285. The van der Waals surface area contributed by atoms with Gasteiger partial charge in [-0.3, -0.25) is 9.78 Å². The van der Waals surface area contributed by atoms with E-state index in [1.807, 2.05) is 42.5 Å². The molecule has 0 fully saturated rings. The summed E-state index contributed by atoms with van der Waals surface area (Å²) < 4.78 is 0. The van der Waals surface area contributed by atoms with Crippen LogP contribution in [-0.4, -0.2) is 10.9 Å². The molecule has 3 aromatic rings. The van der Waals surface area contributed by atoms with E-state index >= 15 is 0 Å². The van der Waals surface area contributed by atoms with Crippen LogP contribution in [0.15, 0.2) is 79.1 Å². The minimum Gasteiger partial charge on any atom is -0.341 e. The molecule has 4 heteroatoms. The summed E-state index contributed by atoms with van der Waals surface area (Å²) in [4.78, 5) is 16.7. The summed E-state index contributed by atoms with van der Waals surface area (Å²) in [7, 11) is 0. The average molecular weight is 313 g/mol. The van der Waals surface area contributed by atoms with Crippen molar-refractivity contribution in [3.05, 3.63) is 101 Å². The van der Waals surface area contributed by atoms with Crippen LogP contribution in [0, 0.1) is 11.3 Å². The zero-order chi connectivity index (χ0) is 16.8. The normalized spacial score (nSPS) is 11.3. The van der Waals surface area contributed by atoms with Gasteiger partial charge < -0.3 is 5.32 Å². The van der Waals surface area contributed by atoms with Crippen molar-refractivity contribution in [1.29, 1.82) is 5.26 Å². The molecule has 0 aliphatic heterocycles. The molecule has 24 heavy (non-hydrogen) atoms. The van der Waals surface area contributed by atoms with Gasteiger partial charge in [0.05, 0.1) is 17.7 Å². The summed E-state index contributed by atoms with van der Waals surface area (Å²) in [6.45, 7) is 0. The van der Waals surface area contributed by atoms with Crippen molar-refractivity contribution in [2.45, 2.75) is 6.04 Å². The predicted molar refractivity (Wildman–Crippen MR) is 91.1 cm³/mol. The molecule has 0 bridgehead atoms. The van der Waals surface area contributed by atoms with Crippen LogP contribution in [0.4, 0.5) is 0 Å². The Morgan fingerprint density at radius 2 is 1.67 bits per heavy atom. The topological polar surface area (TPSA) is 65.8 Å². The van der Waals surface area contributed by atoms with Crippen LogP contribution in [0.3, 0.4) is 0 Å². The fourth-order valence-corrected chi connectivity index (χ4v) is 2.50. The van der Waals surface area contributed by atoms with Gasteiger partial charge in [-0.1, -0.05) is 36.4 Å². The monoisotopic (exact) mass is 313 g/mol. The SMILES string of the molecule is N#Cc1cccc(C(=O)NC(c2ccccc2)c2ccncc2)c1. The van der Waals surface area contributed by atoms with E-state index in [1.165, 1.54) is 0 Å². The van der Waals surface area contributed by atoms with E-state index in [0.29, 0.717) is 11.1 Å². The van der Waals surface area contributed by atoms with E-state index in [-0.39, 0.29) is 11.9 Å². The molecule has 1 amide bonds. The number of nitrogens with zero attached hydrogens (tertiary/aromatic N) is 2. The lowest BCUT2D eigenvalue weighted by atomic mass is 9.99. The third-order valence-corrected chi connectivity index (χ3v) is 3.70. The van der Waals surface area contributed by atoms with Crippen LogP contribution in [-0.2, 0) is 0 Å². The summed E-state index contributed by atoms with van der Waals surface area (Å²) >= 11 is 0. The molecule has 1 N–H and O–H groups in total. The van der Waals surface area contributed by atoms with E-state index < -0.39 is 0 Å². The molecule has 4 nitrogen and oxygen atoms in total. The van der Waals surface area contributed by atoms with Gasteiger partial charge in [0.25, 0.3) is 5.91 Å². The Morgan fingerprint density at radius 1 is 0.958 bits per heavy atom. The van der Waals surface area contributed by atoms with Crippen LogP contribution in [0.1, 0.15) is 33.1 Å². The standard InChI is InChI=1S/C20H15N3O/c21-14-15-5-4-8-18(13-15)20(24)23-19(16-6-2-1-3-7-16)17-9-11-22-12-10-17/h1-13,19H,(H,23,24). The van der Waals surface area contributed by atoms with Gasteiger partial charge in [0.1, 0.15) is 0 Å². The first-order chi connectivity index (χ1) is 11.8. The van der Waals surface area contributed by atoms with E-state index in [0.717, 1.165) is 11.1 Å². The number of nitrogens with one attached hydrogen (secondary N) is 1. The van der Waals surface area contributed by atoms with Gasteiger partial charge in [0.15, 0.2) is 0 Å². The Balaban J connectivity index is 1.92. The number of benzene rings is 2. The van der Waals surface area contributed by atoms with E-state index in [2.05, 4.69) is 16.4 Å². The van der Waals surface area contributed by atoms with Crippen LogP contribution in [0.5, 0.6) is 0 Å². The quantitative estimate of drug-likeness (QED) is 0.802. The Kier molecular flexibility index (Phi) is 4.64. The Bertz CT molecular complexity index is 831. The Labute approximate surface area is 140 Å². The maximum atomic E-state index is 12.6. The highest BCUT2D eigenvalue weighted by Crippen LogP contribution is 2.22. The molecule has 1 atom stereocenters. The number of carbonyl (C=O) groups excluding carboxylic acids is 1. The van der Waals surface area contributed by atoms with Crippen molar-refractivity contribution in [2.75, 3.05) is 0 Å². The van der Waals surface area contributed by atoms with E-state index in [4.69, 9.17) is 5.26 Å². The molecule has 0 aliphatic carbocycles. The fourth-order valence-electron chi connectivity index (χ4n) is 2.50. The van der Waals surface area contributed by atoms with Crippen LogP contribution in [0.25, 0.3) is 0 Å². The molecule has 0 radical (unpaired) electrons. The number of carbonyl (C=O) groups is 1. The second kappa shape index (κ2) is 7.21. The number of hydrogen-bond acceptors (Lipinski definition) is 3. The summed E-state index contributed by atoms with van der Waals surface area (Å²) in [6.07, 6.45) is 3.40. The average Bonchev–Trinajstić information content (AvgIpc) is 2.67. The molecular formula is C20H15N3O. The number of rotatable bonds is 4. The molecule has 0 saturated heterocycles. The number of nitriles is 1. The summed E-state index contributed by atoms with van der Waals surface area (Å²) in [5, 5.41) is 12.0. The highest BCUT2D eigenvalue weighted by Gasteiger charge is 2.17. The highest BCUT2D eigenvalue weighted by molar-refractivity contribution is 5.95. The first-order valence-electron chi connectivity index (χ1n) is 7.54. The highest BCUT2D eigenvalue weighted by atomic mass is 16.1. The van der Waals surface area contributed by atoms with Crippen molar-refractivity contribution in [1.82, 2.24) is 10.3 Å². The van der Waals surface area contributed by atoms with Crippen molar-refractivity contribution >= 4 is 5.91 Å². The van der Waals surface area contributed by atoms with Gasteiger partial charge in [0, 0.05) is 18.0 Å². The summed E-state index contributed by atoms with van der Waals surface area (Å²) in [5.41, 5.74) is 2.85. The lowest BCUT2D eigenvalue weighted by Crippen LogP contribution is -2.29. The minimum absolute atomic E-state index is 0.224. The molecule has 1 unspecified atom stereocenters. The van der Waals surface area contributed by atoms with Crippen molar-refractivity contribution in [2.24, 2.45) is 0 Å². The maximum absolute atomic E-state index is 12.6. The number of hydrogen-bond donors (Lipinski definition) is 1. The maximum Gasteiger partial charge on any atom is 0.252 e. The molecule has 116 valence electrons. The van der Waals surface area contributed by atoms with Crippen molar-refractivity contribution < 1.29 is 4.79 Å². The fraction of sp³-hybridized carbons (Fsp3) is 0.0500. The van der Waals surface area contributed by atoms with Crippen molar-refractivity contribution in [3.8, 4) is 6.07 Å². The van der Waals surface area contributed by atoms with Gasteiger partial charge in [0.2, 0.25) is 0 Å². The van der Waals surface area contributed by atoms with E-state index in [9.17, 15) is 4.79 Å². The zero-order valence-electron chi connectivity index (χ0n) is 12.9. The van der Waals surface area contributed by atoms with Crippen LogP contribution < -0.4 is 5.32 Å². The molecule has 0 aliphatic rings. The predicted octanol–water partition coefficient (Wildman–Crippen LogP) is 3.47. The van der Waals surface area contributed by atoms with Gasteiger partial charge in [-0.25, -0.2) is 0 Å². The Hall–Kier alpha value is -3.45. The van der Waals surface area contributed by atoms with E-state index in [1.54, 1.807) is 36.7 Å². The van der Waals surface area contributed by atoms with Crippen molar-refractivity contribution in [3.63, 3.8) is 0 Å². The first-order valence-corrected chi connectivity index (χ1v) is 7.54. The lowest BCUT2D eigenvalue weighted by Gasteiger charge is -2.20. The third-order valence-electron chi connectivity index (χ3n) is 3.70. The summed E-state index contributed by atoms with van der Waals surface area (Å²) in [5.74, 6) is -0.224. The molecule has 1 aromatic heterocycles. The van der Waals surface area contributed by atoms with Gasteiger partial charge in [-0.05, 0) is 41.5 Å². The third kappa shape index (κ3) is 3.47. The Morgan fingerprint density at radius 3 is 2.38 bits per heavy atom. The van der Waals surface area contributed by atoms with Crippen LogP contribution in [0.2, 0.25) is 0 Å². The van der Waals surface area contributed by atoms with Gasteiger partial charge in [-0.15, -0.1) is 0 Å². The van der Waals surface area contributed by atoms with Gasteiger partial charge >= 0.3 is 0 Å². The molecule has 1 heterocycles. The number of pyridine rings is 1. The number of amides is 1. The second-order valence-corrected chi connectivity index (χ2v) is 5.29. The molecule has 3 rings (SSSR count). The molecule has 2 aromatic carbocycles. The molecule has 0 saturated carbocycles. The first kappa shape index (κ1) is 15.4. The number of aromatic nitrogens is 1. The second-order valence-electron chi connectivity index (χ2n) is 5.29. The molecular weight excluding hydrogens is 298 g/mol. The van der Waals surface area contributed by atoms with Gasteiger partial charge in [-0.2, -0.15) is 5.26 Å². The smallest absolute Gasteiger partial charge is 0.252 e. The largest absolute Gasteiger partial charge is 0.341 e. The lowest BCUT2D eigenvalue weighted by molar-refractivity contribution is 0.0943. The zero-order valence-corrected chi connectivity index (χ0v) is 12.9. The summed E-state index contributed by atoms with van der Waals surface area (Å²) in [6, 6.07) is 21.9. The molecule has 0 spiro atoms.